The van der Waals surface area contributed by atoms with E-state index in [0.29, 0.717) is 6.61 Å². The Morgan fingerprint density at radius 1 is 1.41 bits per heavy atom. The lowest BCUT2D eigenvalue weighted by Gasteiger charge is -2.21. The summed E-state index contributed by atoms with van der Waals surface area (Å²) in [6.07, 6.45) is 0.864. The van der Waals surface area contributed by atoms with Crippen LogP contribution in [0.5, 0.6) is 5.75 Å². The van der Waals surface area contributed by atoms with Gasteiger partial charge in [0.15, 0.2) is 0 Å². The molecule has 1 aromatic carbocycles. The van der Waals surface area contributed by atoms with Gasteiger partial charge in [-0.15, -0.1) is 0 Å². The summed E-state index contributed by atoms with van der Waals surface area (Å²) in [5.74, 6) is 0.578. The molecule has 0 radical (unpaired) electrons. The molecule has 0 spiro atoms. The molecule has 94 valence electrons. The molecule has 0 aromatic heterocycles. The quantitative estimate of drug-likeness (QED) is 0.725. The Labute approximate surface area is 102 Å². The molecule has 0 saturated carbocycles. The molecule has 0 saturated heterocycles. The van der Waals surface area contributed by atoms with E-state index < -0.39 is 0 Å². The van der Waals surface area contributed by atoms with Gasteiger partial charge in [0.2, 0.25) is 5.91 Å². The number of hydrogen-bond donors (Lipinski definition) is 1. The molecule has 1 rings (SSSR count). The van der Waals surface area contributed by atoms with Crippen LogP contribution in [0.3, 0.4) is 0 Å². The summed E-state index contributed by atoms with van der Waals surface area (Å²) in [5, 5.41) is 0. The van der Waals surface area contributed by atoms with Gasteiger partial charge in [-0.1, -0.05) is 18.2 Å². The maximum Gasteiger partial charge on any atom is 0.234 e. The second-order valence-electron chi connectivity index (χ2n) is 4.07. The smallest absolute Gasteiger partial charge is 0.234 e. The first kappa shape index (κ1) is 13.5. The molecule has 0 fully saturated rings. The summed E-state index contributed by atoms with van der Waals surface area (Å²) in [5.41, 5.74) is 5.22. The fraction of sp³-hybridized carbons (Fsp3) is 0.462. The second kappa shape index (κ2) is 6.91. The standard InChI is InChI=1S/C13H20N2O2/c1-11(13(14)16)15(2)9-6-10-17-12-7-4-3-5-8-12/h3-5,7-8,11H,6,9-10H2,1-2H3,(H2,14,16)/t11-/m1/s1. The van der Waals surface area contributed by atoms with E-state index in [4.69, 9.17) is 10.5 Å². The highest BCUT2D eigenvalue weighted by atomic mass is 16.5. The van der Waals surface area contributed by atoms with Crippen molar-refractivity contribution in [3.05, 3.63) is 30.3 Å². The van der Waals surface area contributed by atoms with Gasteiger partial charge in [-0.2, -0.15) is 0 Å². The van der Waals surface area contributed by atoms with Crippen LogP contribution in [-0.4, -0.2) is 37.0 Å². The average molecular weight is 236 g/mol. The first-order valence-electron chi connectivity index (χ1n) is 5.78. The number of hydrogen-bond acceptors (Lipinski definition) is 3. The van der Waals surface area contributed by atoms with Crippen LogP contribution in [0.2, 0.25) is 0 Å². The lowest BCUT2D eigenvalue weighted by atomic mass is 10.2. The molecule has 4 nitrogen and oxygen atoms in total. The molecular weight excluding hydrogens is 216 g/mol. The molecule has 1 amide bonds. The maximum absolute atomic E-state index is 10.9. The number of ether oxygens (including phenoxy) is 1. The van der Waals surface area contributed by atoms with Gasteiger partial charge < -0.3 is 10.5 Å². The van der Waals surface area contributed by atoms with Crippen LogP contribution in [0.15, 0.2) is 30.3 Å². The van der Waals surface area contributed by atoms with E-state index >= 15 is 0 Å². The molecule has 17 heavy (non-hydrogen) atoms. The van der Waals surface area contributed by atoms with Crippen molar-refractivity contribution >= 4 is 5.91 Å². The van der Waals surface area contributed by atoms with Crippen molar-refractivity contribution in [3.63, 3.8) is 0 Å². The van der Waals surface area contributed by atoms with E-state index in [2.05, 4.69) is 0 Å². The predicted octanol–water partition coefficient (Wildman–Crippen LogP) is 1.26. The summed E-state index contributed by atoms with van der Waals surface area (Å²) in [7, 11) is 1.89. The summed E-state index contributed by atoms with van der Waals surface area (Å²) in [6.45, 7) is 3.23. The van der Waals surface area contributed by atoms with Crippen molar-refractivity contribution in [1.82, 2.24) is 4.90 Å². The number of benzene rings is 1. The topological polar surface area (TPSA) is 55.6 Å². The second-order valence-corrected chi connectivity index (χ2v) is 4.07. The third-order valence-electron chi connectivity index (χ3n) is 2.74. The molecule has 0 aliphatic carbocycles. The highest BCUT2D eigenvalue weighted by Crippen LogP contribution is 2.08. The zero-order valence-corrected chi connectivity index (χ0v) is 10.4. The molecule has 0 aliphatic rings. The Balaban J connectivity index is 2.18. The van der Waals surface area contributed by atoms with E-state index in [1.165, 1.54) is 0 Å². The number of nitrogens with two attached hydrogens (primary N) is 1. The number of rotatable bonds is 7. The molecule has 0 unspecified atom stereocenters. The zero-order chi connectivity index (χ0) is 12.7. The van der Waals surface area contributed by atoms with Crippen molar-refractivity contribution < 1.29 is 9.53 Å². The maximum atomic E-state index is 10.9. The molecular formula is C13H20N2O2. The molecule has 1 aromatic rings. The molecule has 0 heterocycles. The van der Waals surface area contributed by atoms with E-state index in [0.717, 1.165) is 18.7 Å². The van der Waals surface area contributed by atoms with Gasteiger partial charge in [0.05, 0.1) is 12.6 Å². The van der Waals surface area contributed by atoms with Gasteiger partial charge in [-0.3, -0.25) is 9.69 Å². The monoisotopic (exact) mass is 236 g/mol. The molecule has 4 heteroatoms. The Kier molecular flexibility index (Phi) is 5.49. The van der Waals surface area contributed by atoms with E-state index in [1.807, 2.05) is 42.3 Å². The van der Waals surface area contributed by atoms with Gasteiger partial charge in [-0.25, -0.2) is 0 Å². The van der Waals surface area contributed by atoms with Gasteiger partial charge in [0.25, 0.3) is 0 Å². The highest BCUT2D eigenvalue weighted by Gasteiger charge is 2.13. The number of para-hydroxylation sites is 1. The van der Waals surface area contributed by atoms with Crippen LogP contribution < -0.4 is 10.5 Å². The zero-order valence-electron chi connectivity index (χ0n) is 10.4. The first-order valence-corrected chi connectivity index (χ1v) is 5.78. The Morgan fingerprint density at radius 2 is 2.06 bits per heavy atom. The molecule has 0 bridgehead atoms. The Morgan fingerprint density at radius 3 is 2.65 bits per heavy atom. The SMILES string of the molecule is C[C@H](C(N)=O)N(C)CCCOc1ccccc1. The van der Waals surface area contributed by atoms with Gasteiger partial charge in [0, 0.05) is 6.54 Å². The van der Waals surface area contributed by atoms with E-state index in [-0.39, 0.29) is 11.9 Å². The number of carbonyl (C=O) groups excluding carboxylic acids is 1. The minimum atomic E-state index is -0.295. The van der Waals surface area contributed by atoms with Gasteiger partial charge >= 0.3 is 0 Å². The molecule has 0 aliphatic heterocycles. The normalized spacial score (nSPS) is 12.4. The average Bonchev–Trinajstić information content (AvgIpc) is 2.34. The van der Waals surface area contributed by atoms with Crippen LogP contribution in [0, 0.1) is 0 Å². The first-order chi connectivity index (χ1) is 8.11. The third kappa shape index (κ3) is 4.87. The highest BCUT2D eigenvalue weighted by molar-refractivity contribution is 5.79. The van der Waals surface area contributed by atoms with E-state index in [1.54, 1.807) is 6.92 Å². The largest absolute Gasteiger partial charge is 0.494 e. The Bertz CT molecular complexity index is 341. The third-order valence-corrected chi connectivity index (χ3v) is 2.74. The number of primary amides is 1. The fourth-order valence-electron chi connectivity index (χ4n) is 1.43. The summed E-state index contributed by atoms with van der Waals surface area (Å²) in [6, 6.07) is 9.46. The van der Waals surface area contributed by atoms with Crippen molar-refractivity contribution in [1.29, 1.82) is 0 Å². The molecule has 1 atom stereocenters. The number of nitrogens with zero attached hydrogens (tertiary/aromatic N) is 1. The number of likely N-dealkylation sites (N-methyl/N-ethyl adjacent to an activating group) is 1. The van der Waals surface area contributed by atoms with Crippen molar-refractivity contribution in [3.8, 4) is 5.75 Å². The number of carbonyl (C=O) groups is 1. The van der Waals surface area contributed by atoms with E-state index in [9.17, 15) is 4.79 Å². The minimum absolute atomic E-state index is 0.230. The van der Waals surface area contributed by atoms with Crippen LogP contribution in [0.4, 0.5) is 0 Å². The molecule has 2 N–H and O–H groups in total. The lowest BCUT2D eigenvalue weighted by molar-refractivity contribution is -0.122. The summed E-state index contributed by atoms with van der Waals surface area (Å²) in [4.78, 5) is 12.9. The van der Waals surface area contributed by atoms with Crippen LogP contribution in [-0.2, 0) is 4.79 Å². The van der Waals surface area contributed by atoms with Crippen LogP contribution in [0.25, 0.3) is 0 Å². The lowest BCUT2D eigenvalue weighted by Crippen LogP contribution is -2.40. The van der Waals surface area contributed by atoms with Gasteiger partial charge in [0.1, 0.15) is 5.75 Å². The predicted molar refractivity (Wildman–Crippen MR) is 67.8 cm³/mol. The van der Waals surface area contributed by atoms with Crippen molar-refractivity contribution in [2.75, 3.05) is 20.2 Å². The summed E-state index contributed by atoms with van der Waals surface area (Å²) >= 11 is 0. The van der Waals surface area contributed by atoms with Crippen LogP contribution >= 0.6 is 0 Å². The van der Waals surface area contributed by atoms with Crippen LogP contribution in [0.1, 0.15) is 13.3 Å². The number of amides is 1. The fourth-order valence-corrected chi connectivity index (χ4v) is 1.43. The van der Waals surface area contributed by atoms with Crippen molar-refractivity contribution in [2.45, 2.75) is 19.4 Å². The van der Waals surface area contributed by atoms with Gasteiger partial charge in [-0.05, 0) is 32.5 Å². The minimum Gasteiger partial charge on any atom is -0.494 e. The summed E-state index contributed by atoms with van der Waals surface area (Å²) < 4.78 is 5.55. The Hall–Kier alpha value is -1.55. The van der Waals surface area contributed by atoms with Crippen molar-refractivity contribution in [2.24, 2.45) is 5.73 Å².